The fraction of sp³-hybridized carbons (Fsp3) is 0.556. The normalized spacial score (nSPS) is 13.5. The first-order valence-corrected chi connectivity index (χ1v) is 6.53. The Morgan fingerprint density at radius 2 is 2.06 bits per heavy atom. The van der Waals surface area contributed by atoms with Crippen LogP contribution >= 0.6 is 0 Å². The van der Waals surface area contributed by atoms with Gasteiger partial charge in [0.05, 0.1) is 12.4 Å². The molecule has 0 saturated heterocycles. The van der Waals surface area contributed by atoms with Crippen LogP contribution in [0.2, 0.25) is 0 Å². The fourth-order valence-electron chi connectivity index (χ4n) is 1.15. The quantitative estimate of drug-likeness (QED) is 0.731. The highest BCUT2D eigenvalue weighted by Crippen LogP contribution is 2.07. The predicted octanol–water partition coefficient (Wildman–Crippen LogP) is -0.238. The summed E-state index contributed by atoms with van der Waals surface area (Å²) in [5.74, 6) is 0.0383. The van der Waals surface area contributed by atoms with Gasteiger partial charge in [0.15, 0.2) is 0 Å². The van der Waals surface area contributed by atoms with Crippen LogP contribution in [0.25, 0.3) is 0 Å². The van der Waals surface area contributed by atoms with Gasteiger partial charge in [-0.2, -0.15) is 0 Å². The van der Waals surface area contributed by atoms with Crippen LogP contribution in [0.15, 0.2) is 17.3 Å². The Bertz CT molecular complexity index is 446. The smallest absolute Gasteiger partial charge is 0.243 e. The number of nitrogen functional groups attached to an aromatic ring is 1. The molecule has 1 unspecified atom stereocenters. The van der Waals surface area contributed by atoms with E-state index in [1.807, 2.05) is 0 Å². The van der Waals surface area contributed by atoms with Crippen molar-refractivity contribution in [2.24, 2.45) is 0 Å². The minimum atomic E-state index is -3.59. The second-order valence-electron chi connectivity index (χ2n) is 3.58. The predicted molar refractivity (Wildman–Crippen MR) is 62.7 cm³/mol. The van der Waals surface area contributed by atoms with Crippen LogP contribution in [0, 0.1) is 0 Å². The molecule has 0 saturated carbocycles. The van der Waals surface area contributed by atoms with Crippen LogP contribution in [-0.4, -0.2) is 38.1 Å². The summed E-state index contributed by atoms with van der Waals surface area (Å²) >= 11 is 0. The molecule has 0 spiro atoms. The van der Waals surface area contributed by atoms with E-state index in [2.05, 4.69) is 14.7 Å². The Hall–Kier alpha value is -1.25. The van der Waals surface area contributed by atoms with Crippen LogP contribution in [0.4, 0.5) is 5.95 Å². The van der Waals surface area contributed by atoms with Gasteiger partial charge >= 0.3 is 0 Å². The van der Waals surface area contributed by atoms with E-state index < -0.39 is 10.0 Å². The lowest BCUT2D eigenvalue weighted by molar-refractivity contribution is 0.188. The molecule has 0 bridgehead atoms. The highest BCUT2D eigenvalue weighted by molar-refractivity contribution is 7.89. The van der Waals surface area contributed by atoms with Gasteiger partial charge in [0.25, 0.3) is 0 Å². The first-order chi connectivity index (χ1) is 7.95. The second kappa shape index (κ2) is 5.89. The van der Waals surface area contributed by atoms with Crippen molar-refractivity contribution in [3.8, 4) is 0 Å². The summed E-state index contributed by atoms with van der Waals surface area (Å²) in [4.78, 5) is 7.27. The monoisotopic (exact) mass is 260 g/mol. The van der Waals surface area contributed by atoms with Gasteiger partial charge in [0, 0.05) is 19.8 Å². The van der Waals surface area contributed by atoms with Gasteiger partial charge in [-0.3, -0.25) is 0 Å². The van der Waals surface area contributed by atoms with E-state index in [0.717, 1.165) is 0 Å². The van der Waals surface area contributed by atoms with E-state index >= 15 is 0 Å². The van der Waals surface area contributed by atoms with Gasteiger partial charge < -0.3 is 10.5 Å². The van der Waals surface area contributed by atoms with Crippen molar-refractivity contribution in [2.75, 3.05) is 19.5 Å². The number of sulfonamides is 1. The third-order valence-electron chi connectivity index (χ3n) is 2.07. The van der Waals surface area contributed by atoms with Crippen LogP contribution in [0.1, 0.15) is 13.3 Å². The maximum absolute atomic E-state index is 11.8. The lowest BCUT2D eigenvalue weighted by Crippen LogP contribution is -2.33. The van der Waals surface area contributed by atoms with E-state index in [0.29, 0.717) is 13.0 Å². The standard InChI is InChI=1S/C9H16N4O3S/c1-7(3-4-16-2)13-17(14,15)8-5-11-9(10)12-6-8/h5-7,13H,3-4H2,1-2H3,(H2,10,11,12). The van der Waals surface area contributed by atoms with Gasteiger partial charge in [-0.15, -0.1) is 0 Å². The molecule has 0 aliphatic heterocycles. The topological polar surface area (TPSA) is 107 Å². The maximum Gasteiger partial charge on any atom is 0.243 e. The zero-order chi connectivity index (χ0) is 12.9. The number of nitrogens with one attached hydrogen (secondary N) is 1. The summed E-state index contributed by atoms with van der Waals surface area (Å²) in [6.07, 6.45) is 2.94. The molecule has 0 amide bonds. The minimum Gasteiger partial charge on any atom is -0.385 e. The fourth-order valence-corrected chi connectivity index (χ4v) is 2.32. The third-order valence-corrected chi connectivity index (χ3v) is 3.61. The first kappa shape index (κ1) is 13.8. The van der Waals surface area contributed by atoms with E-state index in [4.69, 9.17) is 10.5 Å². The number of ether oxygens (including phenoxy) is 1. The van der Waals surface area contributed by atoms with E-state index in [1.165, 1.54) is 12.4 Å². The van der Waals surface area contributed by atoms with Crippen molar-refractivity contribution in [1.82, 2.24) is 14.7 Å². The molecule has 0 fully saturated rings. The number of hydrogen-bond donors (Lipinski definition) is 2. The minimum absolute atomic E-state index is 0.00373. The Kier molecular flexibility index (Phi) is 4.79. The van der Waals surface area contributed by atoms with Gasteiger partial charge in [0.2, 0.25) is 16.0 Å². The summed E-state index contributed by atoms with van der Waals surface area (Å²) in [6, 6.07) is -0.225. The lowest BCUT2D eigenvalue weighted by Gasteiger charge is -2.13. The molecule has 1 atom stereocenters. The average molecular weight is 260 g/mol. The van der Waals surface area contributed by atoms with Crippen molar-refractivity contribution in [3.05, 3.63) is 12.4 Å². The molecule has 7 nitrogen and oxygen atoms in total. The van der Waals surface area contributed by atoms with Gasteiger partial charge in [-0.25, -0.2) is 23.1 Å². The molecule has 0 aliphatic carbocycles. The highest BCUT2D eigenvalue weighted by Gasteiger charge is 2.17. The summed E-state index contributed by atoms with van der Waals surface area (Å²) in [5.41, 5.74) is 5.28. The molecule has 8 heteroatoms. The summed E-state index contributed by atoms with van der Waals surface area (Å²) < 4.78 is 31.1. The number of aromatic nitrogens is 2. The molecule has 0 aliphatic rings. The number of rotatable bonds is 6. The molecule has 17 heavy (non-hydrogen) atoms. The van der Waals surface area contributed by atoms with E-state index in [-0.39, 0.29) is 16.9 Å². The Labute approximate surface area is 100 Å². The van der Waals surface area contributed by atoms with Crippen LogP contribution in [0.5, 0.6) is 0 Å². The van der Waals surface area contributed by atoms with Crippen LogP contribution < -0.4 is 10.5 Å². The molecule has 1 rings (SSSR count). The molecule has 96 valence electrons. The molecule has 3 N–H and O–H groups in total. The van der Waals surface area contributed by atoms with Gasteiger partial charge in [0.1, 0.15) is 4.90 Å². The third kappa shape index (κ3) is 4.25. The number of nitrogens with two attached hydrogens (primary N) is 1. The summed E-state index contributed by atoms with van der Waals surface area (Å²) in [6.45, 7) is 2.25. The maximum atomic E-state index is 11.8. The van der Waals surface area contributed by atoms with Crippen molar-refractivity contribution in [3.63, 3.8) is 0 Å². The zero-order valence-corrected chi connectivity index (χ0v) is 10.6. The Balaban J connectivity index is 2.71. The number of methoxy groups -OCH3 is 1. The van der Waals surface area contributed by atoms with E-state index in [1.54, 1.807) is 14.0 Å². The first-order valence-electron chi connectivity index (χ1n) is 5.04. The molecular weight excluding hydrogens is 244 g/mol. The zero-order valence-electron chi connectivity index (χ0n) is 9.75. The molecule has 1 aromatic heterocycles. The average Bonchev–Trinajstić information content (AvgIpc) is 2.26. The van der Waals surface area contributed by atoms with Crippen LogP contribution in [-0.2, 0) is 14.8 Å². The molecule has 1 aromatic rings. The molecular formula is C9H16N4O3S. The number of anilines is 1. The summed E-state index contributed by atoms with van der Waals surface area (Å²) in [5, 5.41) is 0. The molecule has 0 aromatic carbocycles. The highest BCUT2D eigenvalue weighted by atomic mass is 32.2. The van der Waals surface area contributed by atoms with Gasteiger partial charge in [-0.05, 0) is 13.3 Å². The number of hydrogen-bond acceptors (Lipinski definition) is 6. The Morgan fingerprint density at radius 3 is 2.59 bits per heavy atom. The Morgan fingerprint density at radius 1 is 1.47 bits per heavy atom. The largest absolute Gasteiger partial charge is 0.385 e. The molecule has 1 heterocycles. The lowest BCUT2D eigenvalue weighted by atomic mass is 10.3. The number of nitrogens with zero attached hydrogens (tertiary/aromatic N) is 2. The van der Waals surface area contributed by atoms with Crippen molar-refractivity contribution < 1.29 is 13.2 Å². The van der Waals surface area contributed by atoms with Crippen molar-refractivity contribution in [1.29, 1.82) is 0 Å². The second-order valence-corrected chi connectivity index (χ2v) is 5.29. The van der Waals surface area contributed by atoms with Crippen molar-refractivity contribution in [2.45, 2.75) is 24.3 Å². The van der Waals surface area contributed by atoms with Gasteiger partial charge in [-0.1, -0.05) is 0 Å². The van der Waals surface area contributed by atoms with Crippen molar-refractivity contribution >= 4 is 16.0 Å². The van der Waals surface area contributed by atoms with Crippen LogP contribution in [0.3, 0.4) is 0 Å². The molecule has 0 radical (unpaired) electrons. The summed E-state index contributed by atoms with van der Waals surface area (Å²) in [7, 11) is -2.03. The SMILES string of the molecule is COCCC(C)NS(=O)(=O)c1cnc(N)nc1. The van der Waals surface area contributed by atoms with E-state index in [9.17, 15) is 8.42 Å².